The van der Waals surface area contributed by atoms with E-state index in [1.54, 1.807) is 21.6 Å². The Morgan fingerprint density at radius 2 is 1.91 bits per heavy atom. The summed E-state index contributed by atoms with van der Waals surface area (Å²) in [5.41, 5.74) is 1.86. The number of thioether (sulfide) groups is 1. The van der Waals surface area contributed by atoms with Crippen LogP contribution in [0.15, 0.2) is 28.0 Å². The van der Waals surface area contributed by atoms with E-state index in [2.05, 4.69) is 16.7 Å². The van der Waals surface area contributed by atoms with Crippen molar-refractivity contribution >= 4 is 51.7 Å². The van der Waals surface area contributed by atoms with Crippen molar-refractivity contribution in [1.82, 2.24) is 19.2 Å². The van der Waals surface area contributed by atoms with Crippen LogP contribution in [0.4, 0.5) is 5.82 Å². The smallest absolute Gasteiger partial charge is 0.267 e. The number of fused-ring (bicyclic) bond motifs is 1. The van der Waals surface area contributed by atoms with Gasteiger partial charge in [-0.1, -0.05) is 43.9 Å². The molecule has 1 amide bonds. The summed E-state index contributed by atoms with van der Waals surface area (Å²) in [6.07, 6.45) is 4.31. The number of carbonyl (C=O) groups excluding carboxylic acids is 1. The number of aryl methyl sites for hydroxylation is 1. The normalized spacial score (nSPS) is 20.1. The van der Waals surface area contributed by atoms with Crippen LogP contribution in [0, 0.1) is 6.92 Å². The molecule has 7 nitrogen and oxygen atoms in total. The highest BCUT2D eigenvalue weighted by atomic mass is 32.2. The number of piperazine rings is 1. The van der Waals surface area contributed by atoms with Crippen molar-refractivity contribution in [3.8, 4) is 0 Å². The molecule has 2 aliphatic rings. The summed E-state index contributed by atoms with van der Waals surface area (Å²) in [6.45, 7) is 12.5. The molecule has 32 heavy (non-hydrogen) atoms. The Labute approximate surface area is 198 Å². The lowest BCUT2D eigenvalue weighted by Gasteiger charge is -2.35. The van der Waals surface area contributed by atoms with Gasteiger partial charge in [-0.2, -0.15) is 0 Å². The van der Waals surface area contributed by atoms with E-state index in [1.807, 2.05) is 32.9 Å². The molecule has 1 unspecified atom stereocenters. The number of anilines is 1. The summed E-state index contributed by atoms with van der Waals surface area (Å²) in [6, 6.07) is 3.85. The molecule has 0 saturated carbocycles. The summed E-state index contributed by atoms with van der Waals surface area (Å²) in [4.78, 5) is 38.2. The van der Waals surface area contributed by atoms with Crippen molar-refractivity contribution in [2.24, 2.45) is 0 Å². The van der Waals surface area contributed by atoms with Crippen LogP contribution >= 0.6 is 24.0 Å². The van der Waals surface area contributed by atoms with Crippen molar-refractivity contribution in [3.63, 3.8) is 0 Å². The summed E-state index contributed by atoms with van der Waals surface area (Å²) >= 11 is 6.74. The third-order valence-corrected chi connectivity index (χ3v) is 7.57. The van der Waals surface area contributed by atoms with Crippen molar-refractivity contribution in [1.29, 1.82) is 0 Å². The average molecular weight is 472 g/mol. The first-order valence-corrected chi connectivity index (χ1v) is 12.3. The van der Waals surface area contributed by atoms with Gasteiger partial charge >= 0.3 is 0 Å². The molecular weight excluding hydrogens is 442 g/mol. The van der Waals surface area contributed by atoms with Gasteiger partial charge in [-0.3, -0.25) is 18.9 Å². The maximum absolute atomic E-state index is 13.6. The van der Waals surface area contributed by atoms with E-state index in [4.69, 9.17) is 17.2 Å². The van der Waals surface area contributed by atoms with E-state index < -0.39 is 0 Å². The van der Waals surface area contributed by atoms with Crippen LogP contribution in [-0.4, -0.2) is 68.2 Å². The van der Waals surface area contributed by atoms with Crippen molar-refractivity contribution in [3.05, 3.63) is 44.7 Å². The molecule has 0 N–H and O–H groups in total. The maximum atomic E-state index is 13.6. The highest BCUT2D eigenvalue weighted by Gasteiger charge is 2.35. The Balaban J connectivity index is 1.83. The molecule has 9 heteroatoms. The fourth-order valence-electron chi connectivity index (χ4n) is 4.06. The van der Waals surface area contributed by atoms with E-state index in [0.29, 0.717) is 26.3 Å². The molecular formula is C23H29N5O2S2. The van der Waals surface area contributed by atoms with Gasteiger partial charge in [0.05, 0.1) is 10.5 Å². The van der Waals surface area contributed by atoms with Gasteiger partial charge in [-0.15, -0.1) is 0 Å². The SMILES string of the molecule is CCC(C)N1C(=O)C(=Cc2c(N3CCN(CC)CC3)nc3ccc(C)cn3c2=O)SC1=S. The molecule has 4 heterocycles. The lowest BCUT2D eigenvalue weighted by Crippen LogP contribution is -2.47. The highest BCUT2D eigenvalue weighted by Crippen LogP contribution is 2.35. The molecule has 0 aliphatic carbocycles. The number of nitrogens with zero attached hydrogens (tertiary/aromatic N) is 5. The molecule has 0 aromatic carbocycles. The summed E-state index contributed by atoms with van der Waals surface area (Å²) < 4.78 is 2.11. The zero-order valence-electron chi connectivity index (χ0n) is 19.0. The first-order valence-electron chi connectivity index (χ1n) is 11.1. The van der Waals surface area contributed by atoms with Crippen LogP contribution < -0.4 is 10.5 Å². The number of likely N-dealkylation sites (N-methyl/N-ethyl adjacent to an activating group) is 1. The zero-order valence-corrected chi connectivity index (χ0v) is 20.6. The number of aromatic nitrogens is 2. The molecule has 4 rings (SSSR count). The zero-order chi connectivity index (χ0) is 23.0. The summed E-state index contributed by atoms with van der Waals surface area (Å²) in [7, 11) is 0. The Kier molecular flexibility index (Phi) is 6.69. The number of hydrogen-bond acceptors (Lipinski definition) is 7. The average Bonchev–Trinajstić information content (AvgIpc) is 3.08. The summed E-state index contributed by atoms with van der Waals surface area (Å²) in [5.74, 6) is 0.508. The van der Waals surface area contributed by atoms with Gasteiger partial charge in [-0.25, -0.2) is 4.98 Å². The standard InChI is InChI=1S/C23H29N5O2S2/c1-5-16(4)28-22(30)18(32-23(28)31)13-17-20(26-11-9-25(6-2)10-12-26)24-19-8-7-15(3)14-27(19)21(17)29/h7-8,13-14,16H,5-6,9-12H2,1-4H3. The van der Waals surface area contributed by atoms with Crippen LogP contribution in [0.3, 0.4) is 0 Å². The minimum atomic E-state index is -0.166. The maximum Gasteiger partial charge on any atom is 0.267 e. The van der Waals surface area contributed by atoms with Crippen molar-refractivity contribution in [2.75, 3.05) is 37.6 Å². The van der Waals surface area contributed by atoms with Gasteiger partial charge in [0.25, 0.3) is 11.5 Å². The molecule has 2 saturated heterocycles. The second kappa shape index (κ2) is 9.33. The second-order valence-corrected chi connectivity index (χ2v) is 9.99. The van der Waals surface area contributed by atoms with Gasteiger partial charge in [0.2, 0.25) is 0 Å². The second-order valence-electron chi connectivity index (χ2n) is 8.32. The van der Waals surface area contributed by atoms with Crippen LogP contribution in [0.5, 0.6) is 0 Å². The molecule has 0 bridgehead atoms. The quantitative estimate of drug-likeness (QED) is 0.490. The van der Waals surface area contributed by atoms with Crippen LogP contribution in [0.25, 0.3) is 11.7 Å². The minimum absolute atomic E-state index is 0.0217. The fraction of sp³-hybridized carbons (Fsp3) is 0.478. The monoisotopic (exact) mass is 471 g/mol. The van der Waals surface area contributed by atoms with E-state index >= 15 is 0 Å². The molecule has 2 aliphatic heterocycles. The topological polar surface area (TPSA) is 61.2 Å². The third kappa shape index (κ3) is 4.21. The molecule has 1 atom stereocenters. The van der Waals surface area contributed by atoms with E-state index in [-0.39, 0.29) is 17.5 Å². The van der Waals surface area contributed by atoms with E-state index in [0.717, 1.165) is 44.7 Å². The van der Waals surface area contributed by atoms with Gasteiger partial charge in [-0.05, 0) is 44.5 Å². The lowest BCUT2D eigenvalue weighted by molar-refractivity contribution is -0.123. The number of carbonyl (C=O) groups is 1. The van der Waals surface area contributed by atoms with Gasteiger partial charge in [0, 0.05) is 38.4 Å². The van der Waals surface area contributed by atoms with Crippen molar-refractivity contribution < 1.29 is 4.79 Å². The number of hydrogen-bond donors (Lipinski definition) is 0. The first-order chi connectivity index (χ1) is 15.3. The lowest BCUT2D eigenvalue weighted by atomic mass is 10.2. The van der Waals surface area contributed by atoms with Gasteiger partial charge in [0.15, 0.2) is 0 Å². The van der Waals surface area contributed by atoms with E-state index in [1.165, 1.54) is 11.8 Å². The van der Waals surface area contributed by atoms with Crippen LogP contribution in [-0.2, 0) is 4.79 Å². The molecule has 2 aromatic heterocycles. The number of pyridine rings is 1. The minimum Gasteiger partial charge on any atom is -0.353 e. The molecule has 170 valence electrons. The van der Waals surface area contributed by atoms with Crippen LogP contribution in [0.1, 0.15) is 38.3 Å². The van der Waals surface area contributed by atoms with Crippen molar-refractivity contribution in [2.45, 2.75) is 40.2 Å². The Morgan fingerprint density at radius 1 is 1.19 bits per heavy atom. The first kappa shape index (κ1) is 22.9. The largest absolute Gasteiger partial charge is 0.353 e. The van der Waals surface area contributed by atoms with Crippen LogP contribution in [0.2, 0.25) is 0 Å². The predicted octanol–water partition coefficient (Wildman–Crippen LogP) is 3.14. The Bertz CT molecular complexity index is 1150. The van der Waals surface area contributed by atoms with Gasteiger partial charge < -0.3 is 9.80 Å². The Morgan fingerprint density at radius 3 is 2.56 bits per heavy atom. The molecule has 0 spiro atoms. The van der Waals surface area contributed by atoms with Gasteiger partial charge in [0.1, 0.15) is 15.8 Å². The molecule has 2 aromatic rings. The number of rotatable bonds is 5. The van der Waals surface area contributed by atoms with E-state index in [9.17, 15) is 9.59 Å². The highest BCUT2D eigenvalue weighted by molar-refractivity contribution is 8.26. The third-order valence-electron chi connectivity index (χ3n) is 6.24. The number of thiocarbonyl (C=S) groups is 1. The summed E-state index contributed by atoms with van der Waals surface area (Å²) in [5, 5.41) is 0. The fourth-order valence-corrected chi connectivity index (χ4v) is 5.51. The Hall–Kier alpha value is -2.23. The molecule has 2 fully saturated rings. The molecule has 0 radical (unpaired) electrons. The predicted molar refractivity (Wildman–Crippen MR) is 135 cm³/mol. The number of amides is 1.